The molecule has 1 atom stereocenters. The van der Waals surface area contributed by atoms with E-state index < -0.39 is 0 Å². The summed E-state index contributed by atoms with van der Waals surface area (Å²) in [6, 6.07) is 6.00. The molecule has 2 aromatic rings. The predicted molar refractivity (Wildman–Crippen MR) is 90.4 cm³/mol. The monoisotopic (exact) mass is 328 g/mol. The summed E-state index contributed by atoms with van der Waals surface area (Å²) in [4.78, 5) is 21.7. The van der Waals surface area contributed by atoms with Crippen molar-refractivity contribution in [3.8, 4) is 0 Å². The van der Waals surface area contributed by atoms with Crippen molar-refractivity contribution in [3.63, 3.8) is 0 Å². The molecular weight excluding hydrogens is 304 g/mol. The minimum absolute atomic E-state index is 0.0484. The van der Waals surface area contributed by atoms with E-state index in [9.17, 15) is 4.79 Å². The van der Waals surface area contributed by atoms with Crippen molar-refractivity contribution in [2.75, 3.05) is 32.8 Å². The smallest absolute Gasteiger partial charge is 0.230 e. The largest absolute Gasteiger partial charge is 0.395 e. The zero-order valence-corrected chi connectivity index (χ0v) is 13.9. The van der Waals surface area contributed by atoms with E-state index in [0.29, 0.717) is 6.54 Å². The predicted octanol–water partition coefficient (Wildman–Crippen LogP) is 1.14. The topological polar surface area (TPSA) is 61.1 Å². The van der Waals surface area contributed by atoms with Crippen molar-refractivity contribution in [2.45, 2.75) is 25.8 Å². The minimum Gasteiger partial charge on any atom is -0.395 e. The zero-order valence-electron chi connectivity index (χ0n) is 13.9. The Morgan fingerprint density at radius 3 is 3.00 bits per heavy atom. The average molecular weight is 328 g/mol. The van der Waals surface area contributed by atoms with Gasteiger partial charge >= 0.3 is 0 Å². The maximum atomic E-state index is 12.8. The van der Waals surface area contributed by atoms with Crippen molar-refractivity contribution < 1.29 is 9.90 Å². The van der Waals surface area contributed by atoms with Crippen LogP contribution in [0.5, 0.6) is 0 Å². The quantitative estimate of drug-likeness (QED) is 0.914. The van der Waals surface area contributed by atoms with Gasteiger partial charge in [-0.2, -0.15) is 0 Å². The highest BCUT2D eigenvalue weighted by molar-refractivity contribution is 5.84. The van der Waals surface area contributed by atoms with Crippen LogP contribution < -0.4 is 0 Å². The summed E-state index contributed by atoms with van der Waals surface area (Å²) in [7, 11) is 0. The van der Waals surface area contributed by atoms with Gasteiger partial charge in [0.15, 0.2) is 0 Å². The number of aliphatic hydroxyl groups excluding tert-OH is 1. The summed E-state index contributed by atoms with van der Waals surface area (Å²) < 4.78 is 2.04. The average Bonchev–Trinajstić information content (AvgIpc) is 3.17. The van der Waals surface area contributed by atoms with Crippen LogP contribution in [0.2, 0.25) is 0 Å². The summed E-state index contributed by atoms with van der Waals surface area (Å²) in [6.07, 6.45) is 7.00. The molecule has 2 aliphatic heterocycles. The van der Waals surface area contributed by atoms with E-state index >= 15 is 0 Å². The Morgan fingerprint density at radius 2 is 2.17 bits per heavy atom. The second-order valence-electron chi connectivity index (χ2n) is 7.06. The number of carbonyl (C=O) groups is 1. The molecule has 0 saturated carbocycles. The van der Waals surface area contributed by atoms with Crippen molar-refractivity contribution in [2.24, 2.45) is 5.41 Å². The second-order valence-corrected chi connectivity index (χ2v) is 7.06. The third-order valence-electron chi connectivity index (χ3n) is 5.43. The van der Waals surface area contributed by atoms with Gasteiger partial charge in [0.25, 0.3) is 0 Å². The molecule has 0 aromatic carbocycles. The van der Waals surface area contributed by atoms with Crippen LogP contribution in [0.4, 0.5) is 0 Å². The highest BCUT2D eigenvalue weighted by Gasteiger charge is 2.48. The van der Waals surface area contributed by atoms with Gasteiger partial charge < -0.3 is 14.4 Å². The van der Waals surface area contributed by atoms with Crippen LogP contribution in [-0.4, -0.2) is 63.0 Å². The van der Waals surface area contributed by atoms with E-state index in [4.69, 9.17) is 5.11 Å². The number of imidazole rings is 1. The number of amides is 1. The third-order valence-corrected chi connectivity index (χ3v) is 5.43. The molecule has 2 aromatic heterocycles. The van der Waals surface area contributed by atoms with Gasteiger partial charge in [-0.15, -0.1) is 0 Å². The molecule has 2 fully saturated rings. The highest BCUT2D eigenvalue weighted by Crippen LogP contribution is 2.40. The lowest BCUT2D eigenvalue weighted by molar-refractivity contribution is -0.146. The van der Waals surface area contributed by atoms with Gasteiger partial charge in [0.2, 0.25) is 5.91 Å². The Bertz CT molecular complexity index is 708. The molecule has 1 spiro atoms. The van der Waals surface area contributed by atoms with E-state index in [1.54, 1.807) is 0 Å². The Morgan fingerprint density at radius 1 is 1.25 bits per heavy atom. The van der Waals surface area contributed by atoms with Crippen molar-refractivity contribution in [1.82, 2.24) is 19.2 Å². The Hall–Kier alpha value is -1.92. The van der Waals surface area contributed by atoms with Gasteiger partial charge in [-0.25, -0.2) is 4.98 Å². The molecule has 0 aliphatic carbocycles. The first-order valence-corrected chi connectivity index (χ1v) is 8.75. The van der Waals surface area contributed by atoms with Crippen molar-refractivity contribution in [3.05, 3.63) is 36.3 Å². The number of aromatic nitrogens is 2. The Kier molecular flexibility index (Phi) is 4.02. The molecule has 4 rings (SSSR count). The van der Waals surface area contributed by atoms with Gasteiger partial charge in [0, 0.05) is 38.6 Å². The summed E-state index contributed by atoms with van der Waals surface area (Å²) >= 11 is 0. The molecular formula is C18H24N4O2. The van der Waals surface area contributed by atoms with E-state index in [1.165, 1.54) is 0 Å². The van der Waals surface area contributed by atoms with Crippen LogP contribution in [0.1, 0.15) is 25.0 Å². The fraction of sp³-hybridized carbons (Fsp3) is 0.556. The van der Waals surface area contributed by atoms with Crippen molar-refractivity contribution >= 4 is 11.6 Å². The summed E-state index contributed by atoms with van der Waals surface area (Å²) in [5.41, 5.74) is 1.77. The van der Waals surface area contributed by atoms with E-state index in [2.05, 4.69) is 16.1 Å². The fourth-order valence-corrected chi connectivity index (χ4v) is 4.25. The summed E-state index contributed by atoms with van der Waals surface area (Å²) in [5, 5.41) is 9.17. The number of rotatable bonds is 4. The number of piperidine rings is 1. The van der Waals surface area contributed by atoms with E-state index in [-0.39, 0.29) is 17.9 Å². The molecule has 1 amide bonds. The molecule has 1 N–H and O–H groups in total. The Labute approximate surface area is 141 Å². The number of pyridine rings is 1. The standard InChI is InChI=1S/C18H24N4O2/c23-11-10-21-8-3-5-18(17(21)24)6-9-20(14-18)12-15-13-22-7-2-1-4-16(22)19-15/h1-2,4,7,13,23H,3,5-6,8-12,14H2. The van der Waals surface area contributed by atoms with E-state index in [1.807, 2.05) is 33.7 Å². The molecule has 0 bridgehead atoms. The maximum Gasteiger partial charge on any atom is 0.230 e. The molecule has 24 heavy (non-hydrogen) atoms. The molecule has 0 radical (unpaired) electrons. The molecule has 6 nitrogen and oxygen atoms in total. The molecule has 4 heterocycles. The van der Waals surface area contributed by atoms with Gasteiger partial charge in [-0.05, 0) is 37.9 Å². The lowest BCUT2D eigenvalue weighted by Crippen LogP contribution is -2.50. The Balaban J connectivity index is 1.46. The second kappa shape index (κ2) is 6.18. The van der Waals surface area contributed by atoms with Gasteiger partial charge in [0.05, 0.1) is 17.7 Å². The van der Waals surface area contributed by atoms with Crippen LogP contribution in [0.25, 0.3) is 5.65 Å². The molecule has 1 unspecified atom stereocenters. The number of hydrogen-bond donors (Lipinski definition) is 1. The lowest BCUT2D eigenvalue weighted by atomic mass is 9.78. The molecule has 2 saturated heterocycles. The van der Waals surface area contributed by atoms with E-state index in [0.717, 1.165) is 56.8 Å². The first-order valence-electron chi connectivity index (χ1n) is 8.75. The molecule has 2 aliphatic rings. The molecule has 128 valence electrons. The first kappa shape index (κ1) is 15.6. The third kappa shape index (κ3) is 2.70. The summed E-state index contributed by atoms with van der Waals surface area (Å²) in [5.74, 6) is 0.236. The van der Waals surface area contributed by atoms with Gasteiger partial charge in [-0.3, -0.25) is 9.69 Å². The SMILES string of the molecule is O=C1N(CCO)CCCC12CCN(Cc1cn3ccccc3n1)C2. The number of aliphatic hydroxyl groups is 1. The maximum absolute atomic E-state index is 12.8. The van der Waals surface area contributed by atoms with Crippen LogP contribution in [0, 0.1) is 5.41 Å². The number of likely N-dealkylation sites (tertiary alicyclic amines) is 2. The van der Waals surface area contributed by atoms with Crippen molar-refractivity contribution in [1.29, 1.82) is 0 Å². The molecule has 6 heteroatoms. The number of fused-ring (bicyclic) bond motifs is 1. The fourth-order valence-electron chi connectivity index (χ4n) is 4.25. The van der Waals surface area contributed by atoms with Crippen LogP contribution in [0.15, 0.2) is 30.6 Å². The highest BCUT2D eigenvalue weighted by atomic mass is 16.3. The minimum atomic E-state index is -0.243. The number of nitrogens with zero attached hydrogens (tertiary/aromatic N) is 4. The van der Waals surface area contributed by atoms with Crippen LogP contribution in [-0.2, 0) is 11.3 Å². The summed E-state index contributed by atoms with van der Waals surface area (Å²) in [6.45, 7) is 3.83. The lowest BCUT2D eigenvalue weighted by Gasteiger charge is -2.39. The normalized spacial score (nSPS) is 25.2. The van der Waals surface area contributed by atoms with Gasteiger partial charge in [0.1, 0.15) is 5.65 Å². The van der Waals surface area contributed by atoms with Crippen LogP contribution >= 0.6 is 0 Å². The first-order chi connectivity index (χ1) is 11.7. The zero-order chi connectivity index (χ0) is 16.6. The number of β-amino-alcohol motifs (C(OH)–C–C–N with tert-alkyl or cyclic N) is 1. The number of carbonyl (C=O) groups excluding carboxylic acids is 1. The van der Waals surface area contributed by atoms with Crippen LogP contribution in [0.3, 0.4) is 0 Å². The number of hydrogen-bond acceptors (Lipinski definition) is 4. The van der Waals surface area contributed by atoms with Gasteiger partial charge in [-0.1, -0.05) is 6.07 Å².